The van der Waals surface area contributed by atoms with Gasteiger partial charge < -0.3 is 9.26 Å². The molecule has 0 spiro atoms. The Kier molecular flexibility index (Phi) is 4.46. The van der Waals surface area contributed by atoms with Crippen molar-refractivity contribution >= 4 is 16.6 Å². The van der Waals surface area contributed by atoms with Crippen LogP contribution < -0.4 is 5.56 Å². The minimum Gasteiger partial charge on any atom is -0.384 e. The average Bonchev–Trinajstić information content (AvgIpc) is 3.30. The second-order valence-electron chi connectivity index (χ2n) is 7.00. The highest BCUT2D eigenvalue weighted by Crippen LogP contribution is 2.26. The minimum atomic E-state index is -0.464. The van der Waals surface area contributed by atoms with E-state index in [9.17, 15) is 9.18 Å². The third-order valence-electron chi connectivity index (χ3n) is 4.67. The number of fused-ring (bicyclic) bond motifs is 3. The summed E-state index contributed by atoms with van der Waals surface area (Å²) in [5, 5.41) is 3.98. The third kappa shape index (κ3) is 2.70. The quantitative estimate of drug-likeness (QED) is 0.524. The summed E-state index contributed by atoms with van der Waals surface area (Å²) >= 11 is 0. The lowest BCUT2D eigenvalue weighted by atomic mass is 10.2. The standard InChI is InChI=1S/C19H20FN5O3/c1-10(2)25-15-12(20)6-5-7-13(15)24-9-21-14(16(24)19(25)26)18-22-17(23-28-18)11(3)8-27-4/h5-7,9-11H,8H2,1-4H3. The molecule has 28 heavy (non-hydrogen) atoms. The van der Waals surface area contributed by atoms with Crippen LogP contribution in [0.2, 0.25) is 0 Å². The second-order valence-corrected chi connectivity index (χ2v) is 7.00. The van der Waals surface area contributed by atoms with Gasteiger partial charge in [0, 0.05) is 19.1 Å². The van der Waals surface area contributed by atoms with Crippen LogP contribution >= 0.6 is 0 Å². The first-order valence-electron chi connectivity index (χ1n) is 8.96. The molecule has 0 saturated heterocycles. The van der Waals surface area contributed by atoms with Gasteiger partial charge in [-0.25, -0.2) is 9.37 Å². The number of aromatic nitrogens is 5. The molecule has 0 bridgehead atoms. The van der Waals surface area contributed by atoms with E-state index in [1.807, 2.05) is 20.8 Å². The Bertz CT molecular complexity index is 1220. The molecule has 8 nitrogen and oxygen atoms in total. The highest BCUT2D eigenvalue weighted by atomic mass is 19.1. The highest BCUT2D eigenvalue weighted by molar-refractivity contribution is 5.83. The predicted molar refractivity (Wildman–Crippen MR) is 101 cm³/mol. The molecule has 4 rings (SSSR count). The summed E-state index contributed by atoms with van der Waals surface area (Å²) in [7, 11) is 1.60. The van der Waals surface area contributed by atoms with Crippen molar-refractivity contribution in [1.82, 2.24) is 24.1 Å². The first-order chi connectivity index (χ1) is 13.4. The number of rotatable bonds is 5. The van der Waals surface area contributed by atoms with Gasteiger partial charge in [-0.15, -0.1) is 0 Å². The number of methoxy groups -OCH3 is 1. The number of imidazole rings is 1. The van der Waals surface area contributed by atoms with Gasteiger partial charge in [0.25, 0.3) is 11.4 Å². The average molecular weight is 385 g/mol. The van der Waals surface area contributed by atoms with Crippen molar-refractivity contribution < 1.29 is 13.7 Å². The molecule has 3 aromatic heterocycles. The van der Waals surface area contributed by atoms with Crippen LogP contribution in [0.15, 0.2) is 33.8 Å². The van der Waals surface area contributed by atoms with Gasteiger partial charge in [-0.3, -0.25) is 13.8 Å². The number of hydrogen-bond acceptors (Lipinski definition) is 6. The Morgan fingerprint density at radius 2 is 2.04 bits per heavy atom. The first-order valence-corrected chi connectivity index (χ1v) is 8.96. The van der Waals surface area contributed by atoms with Gasteiger partial charge in [0.1, 0.15) is 23.2 Å². The molecule has 0 amide bonds. The Labute approximate surface area is 159 Å². The molecule has 0 radical (unpaired) electrons. The largest absolute Gasteiger partial charge is 0.384 e. The lowest BCUT2D eigenvalue weighted by Crippen LogP contribution is -2.25. The zero-order valence-corrected chi connectivity index (χ0v) is 16.0. The van der Waals surface area contributed by atoms with E-state index in [0.717, 1.165) is 0 Å². The topological polar surface area (TPSA) is 87.5 Å². The zero-order valence-electron chi connectivity index (χ0n) is 16.0. The second kappa shape index (κ2) is 6.83. The molecule has 0 saturated carbocycles. The summed E-state index contributed by atoms with van der Waals surface area (Å²) in [5.41, 5.74) is 0.938. The molecule has 0 fully saturated rings. The maximum atomic E-state index is 14.6. The van der Waals surface area contributed by atoms with Crippen LogP contribution in [0.5, 0.6) is 0 Å². The van der Waals surface area contributed by atoms with E-state index in [-0.39, 0.29) is 40.1 Å². The molecule has 1 aromatic carbocycles. The van der Waals surface area contributed by atoms with Crippen molar-refractivity contribution in [3.8, 4) is 11.6 Å². The molecular formula is C19H20FN5O3. The van der Waals surface area contributed by atoms with Crippen LogP contribution in [0.1, 0.15) is 38.6 Å². The number of ether oxygens (including phenoxy) is 1. The Morgan fingerprint density at radius 1 is 1.25 bits per heavy atom. The van der Waals surface area contributed by atoms with E-state index < -0.39 is 5.82 Å². The van der Waals surface area contributed by atoms with Crippen LogP contribution in [0.4, 0.5) is 4.39 Å². The summed E-state index contributed by atoms with van der Waals surface area (Å²) < 4.78 is 28.0. The highest BCUT2D eigenvalue weighted by Gasteiger charge is 2.24. The summed E-state index contributed by atoms with van der Waals surface area (Å²) in [4.78, 5) is 22.0. The fourth-order valence-electron chi connectivity index (χ4n) is 3.39. The third-order valence-corrected chi connectivity index (χ3v) is 4.67. The molecule has 0 aliphatic heterocycles. The number of hydrogen-bond donors (Lipinski definition) is 0. The molecule has 146 valence electrons. The number of halogens is 1. The number of nitrogens with zero attached hydrogens (tertiary/aromatic N) is 5. The van der Waals surface area contributed by atoms with Gasteiger partial charge in [0.2, 0.25) is 0 Å². The van der Waals surface area contributed by atoms with Gasteiger partial charge in [0.05, 0.1) is 12.1 Å². The molecule has 0 aliphatic carbocycles. The van der Waals surface area contributed by atoms with Crippen molar-refractivity contribution in [3.05, 3.63) is 46.5 Å². The van der Waals surface area contributed by atoms with E-state index in [1.54, 1.807) is 23.6 Å². The van der Waals surface area contributed by atoms with Crippen molar-refractivity contribution in [2.45, 2.75) is 32.7 Å². The SMILES string of the molecule is COCC(C)c1noc(-c2ncn3c2c(=O)n(C(C)C)c2c(F)cccc23)n1. The number of para-hydroxylation sites is 1. The van der Waals surface area contributed by atoms with E-state index in [4.69, 9.17) is 9.26 Å². The zero-order chi connectivity index (χ0) is 20.0. The van der Waals surface area contributed by atoms with E-state index >= 15 is 0 Å². The lowest BCUT2D eigenvalue weighted by molar-refractivity contribution is 0.180. The molecule has 0 N–H and O–H groups in total. The molecular weight excluding hydrogens is 365 g/mol. The Morgan fingerprint density at radius 3 is 2.75 bits per heavy atom. The summed E-state index contributed by atoms with van der Waals surface area (Å²) in [6.45, 7) is 6.01. The van der Waals surface area contributed by atoms with E-state index in [2.05, 4.69) is 15.1 Å². The number of benzene rings is 1. The Hall–Kier alpha value is -3.07. The lowest BCUT2D eigenvalue weighted by Gasteiger charge is -2.16. The summed E-state index contributed by atoms with van der Waals surface area (Å²) in [6, 6.07) is 4.43. The van der Waals surface area contributed by atoms with Crippen LogP contribution in [0.3, 0.4) is 0 Å². The summed E-state index contributed by atoms with van der Waals surface area (Å²) in [6.07, 6.45) is 1.47. The van der Waals surface area contributed by atoms with Gasteiger partial charge in [-0.2, -0.15) is 4.98 Å². The van der Waals surface area contributed by atoms with Crippen LogP contribution in [0.25, 0.3) is 28.1 Å². The maximum absolute atomic E-state index is 14.6. The van der Waals surface area contributed by atoms with Crippen molar-refractivity contribution in [3.63, 3.8) is 0 Å². The van der Waals surface area contributed by atoms with E-state index in [1.165, 1.54) is 17.0 Å². The van der Waals surface area contributed by atoms with Crippen LogP contribution in [-0.2, 0) is 4.74 Å². The molecule has 4 aromatic rings. The van der Waals surface area contributed by atoms with Crippen LogP contribution in [0, 0.1) is 5.82 Å². The normalized spacial score (nSPS) is 13.1. The van der Waals surface area contributed by atoms with E-state index in [0.29, 0.717) is 17.9 Å². The molecule has 1 atom stereocenters. The monoisotopic (exact) mass is 385 g/mol. The molecule has 1 unspecified atom stereocenters. The smallest absolute Gasteiger partial charge is 0.278 e. The van der Waals surface area contributed by atoms with Crippen molar-refractivity contribution in [2.75, 3.05) is 13.7 Å². The van der Waals surface area contributed by atoms with Gasteiger partial charge in [-0.1, -0.05) is 18.1 Å². The van der Waals surface area contributed by atoms with Crippen molar-refractivity contribution in [2.24, 2.45) is 0 Å². The molecule has 9 heteroatoms. The maximum Gasteiger partial charge on any atom is 0.278 e. The van der Waals surface area contributed by atoms with Gasteiger partial charge in [0.15, 0.2) is 11.5 Å². The minimum absolute atomic E-state index is 0.0707. The Balaban J connectivity index is 2.01. The molecule has 0 aliphatic rings. The first kappa shape index (κ1) is 18.3. The summed E-state index contributed by atoms with van der Waals surface area (Å²) in [5.74, 6) is 0.0742. The predicted octanol–water partition coefficient (Wildman–Crippen LogP) is 3.17. The fourth-order valence-corrected chi connectivity index (χ4v) is 3.39. The van der Waals surface area contributed by atoms with Gasteiger partial charge >= 0.3 is 0 Å². The van der Waals surface area contributed by atoms with Crippen molar-refractivity contribution in [1.29, 1.82) is 0 Å². The fraction of sp³-hybridized carbons (Fsp3) is 0.368. The van der Waals surface area contributed by atoms with Gasteiger partial charge in [-0.05, 0) is 26.0 Å². The van der Waals surface area contributed by atoms with Crippen LogP contribution in [-0.4, -0.2) is 37.8 Å². The molecule has 3 heterocycles.